The smallest absolute Gasteiger partial charge is 0.329 e. The van der Waals surface area contributed by atoms with Crippen molar-refractivity contribution in [3.8, 4) is 5.75 Å². The first-order valence-corrected chi connectivity index (χ1v) is 9.66. The van der Waals surface area contributed by atoms with E-state index >= 15 is 0 Å². The fourth-order valence-corrected chi connectivity index (χ4v) is 4.01. The standard InChI is InChI=1S/C21H26N4O2/c1-4-27-16-9-10-17(14(2)11-16)23-20-12-18-19(13-22-20)24(3)21(26)25(18)15-7-5-6-8-15/h9-13,15H,4-8H2,1-3H3,(H,22,23). The van der Waals surface area contributed by atoms with Crippen LogP contribution in [0.1, 0.15) is 44.2 Å². The maximum absolute atomic E-state index is 12.8. The molecular weight excluding hydrogens is 340 g/mol. The van der Waals surface area contributed by atoms with E-state index in [1.54, 1.807) is 10.8 Å². The average Bonchev–Trinajstić information content (AvgIpc) is 3.25. The van der Waals surface area contributed by atoms with Gasteiger partial charge in [0.2, 0.25) is 0 Å². The number of aryl methyl sites for hydroxylation is 2. The SMILES string of the molecule is CCOc1ccc(Nc2cc3c(cn2)n(C)c(=O)n3C2CCCC2)c(C)c1. The lowest BCUT2D eigenvalue weighted by molar-refractivity contribution is 0.340. The van der Waals surface area contributed by atoms with Crippen LogP contribution in [0.2, 0.25) is 0 Å². The predicted molar refractivity (Wildman–Crippen MR) is 108 cm³/mol. The molecule has 1 fully saturated rings. The summed E-state index contributed by atoms with van der Waals surface area (Å²) in [5.74, 6) is 1.61. The van der Waals surface area contributed by atoms with Gasteiger partial charge in [-0.15, -0.1) is 0 Å². The van der Waals surface area contributed by atoms with Crippen molar-refractivity contribution >= 4 is 22.5 Å². The third-order valence-electron chi connectivity index (χ3n) is 5.44. The first-order valence-electron chi connectivity index (χ1n) is 9.66. The number of benzene rings is 1. The topological polar surface area (TPSA) is 61.1 Å². The number of rotatable bonds is 5. The van der Waals surface area contributed by atoms with Crippen molar-refractivity contribution in [3.63, 3.8) is 0 Å². The largest absolute Gasteiger partial charge is 0.494 e. The minimum absolute atomic E-state index is 0.0492. The van der Waals surface area contributed by atoms with Crippen molar-refractivity contribution in [3.05, 3.63) is 46.5 Å². The molecule has 0 amide bonds. The van der Waals surface area contributed by atoms with Crippen LogP contribution in [0.5, 0.6) is 5.75 Å². The summed E-state index contributed by atoms with van der Waals surface area (Å²) in [5, 5.41) is 3.39. The van der Waals surface area contributed by atoms with Gasteiger partial charge in [0.15, 0.2) is 0 Å². The zero-order valence-corrected chi connectivity index (χ0v) is 16.2. The molecule has 2 heterocycles. The molecule has 6 nitrogen and oxygen atoms in total. The Morgan fingerprint density at radius 3 is 2.70 bits per heavy atom. The number of ether oxygens (including phenoxy) is 1. The summed E-state index contributed by atoms with van der Waals surface area (Å²) in [7, 11) is 1.82. The molecule has 1 aliphatic carbocycles. The van der Waals surface area contributed by atoms with Crippen LogP contribution in [0.4, 0.5) is 11.5 Å². The van der Waals surface area contributed by atoms with Gasteiger partial charge in [-0.2, -0.15) is 0 Å². The Morgan fingerprint density at radius 1 is 1.22 bits per heavy atom. The highest BCUT2D eigenvalue weighted by molar-refractivity contribution is 5.79. The van der Waals surface area contributed by atoms with E-state index in [2.05, 4.69) is 10.3 Å². The third kappa shape index (κ3) is 3.20. The van der Waals surface area contributed by atoms with Crippen LogP contribution in [-0.2, 0) is 7.05 Å². The summed E-state index contributed by atoms with van der Waals surface area (Å²) in [6, 6.07) is 8.26. The Kier molecular flexibility index (Phi) is 4.64. The number of anilines is 2. The van der Waals surface area contributed by atoms with Crippen molar-refractivity contribution in [1.29, 1.82) is 0 Å². The van der Waals surface area contributed by atoms with Crippen LogP contribution in [-0.4, -0.2) is 20.7 Å². The van der Waals surface area contributed by atoms with E-state index in [1.807, 2.05) is 49.7 Å². The lowest BCUT2D eigenvalue weighted by Crippen LogP contribution is -2.24. The van der Waals surface area contributed by atoms with E-state index in [4.69, 9.17) is 4.74 Å². The van der Waals surface area contributed by atoms with Crippen LogP contribution >= 0.6 is 0 Å². The fraction of sp³-hybridized carbons (Fsp3) is 0.429. The molecule has 142 valence electrons. The number of pyridine rings is 1. The van der Waals surface area contributed by atoms with Crippen LogP contribution in [0, 0.1) is 6.92 Å². The second kappa shape index (κ2) is 7.10. The fourth-order valence-electron chi connectivity index (χ4n) is 4.01. The van der Waals surface area contributed by atoms with Gasteiger partial charge in [0, 0.05) is 24.8 Å². The molecule has 0 bridgehead atoms. The molecule has 6 heteroatoms. The molecule has 0 unspecified atom stereocenters. The minimum Gasteiger partial charge on any atom is -0.494 e. The quantitative estimate of drug-likeness (QED) is 0.731. The molecule has 0 aliphatic heterocycles. The second-order valence-corrected chi connectivity index (χ2v) is 7.24. The summed E-state index contributed by atoms with van der Waals surface area (Å²) in [6.07, 6.45) is 6.31. The number of imidazole rings is 1. The molecule has 2 aromatic heterocycles. The van der Waals surface area contributed by atoms with Gasteiger partial charge in [-0.05, 0) is 50.5 Å². The molecule has 1 N–H and O–H groups in total. The number of hydrogen-bond donors (Lipinski definition) is 1. The third-order valence-corrected chi connectivity index (χ3v) is 5.44. The Bertz CT molecular complexity index is 1030. The molecule has 0 saturated heterocycles. The minimum atomic E-state index is 0.0492. The molecular formula is C21H26N4O2. The Hall–Kier alpha value is -2.76. The van der Waals surface area contributed by atoms with Gasteiger partial charge < -0.3 is 10.1 Å². The maximum atomic E-state index is 12.8. The van der Waals surface area contributed by atoms with Gasteiger partial charge in [-0.25, -0.2) is 9.78 Å². The highest BCUT2D eigenvalue weighted by Gasteiger charge is 2.23. The van der Waals surface area contributed by atoms with E-state index in [-0.39, 0.29) is 5.69 Å². The van der Waals surface area contributed by atoms with Crippen molar-refractivity contribution < 1.29 is 4.74 Å². The van der Waals surface area contributed by atoms with Gasteiger partial charge in [-0.1, -0.05) is 12.8 Å². The van der Waals surface area contributed by atoms with Gasteiger partial charge in [0.05, 0.1) is 23.8 Å². The average molecular weight is 366 g/mol. The number of nitrogens with zero attached hydrogens (tertiary/aromatic N) is 3. The lowest BCUT2D eigenvalue weighted by Gasteiger charge is -2.13. The molecule has 27 heavy (non-hydrogen) atoms. The van der Waals surface area contributed by atoms with Crippen LogP contribution in [0.3, 0.4) is 0 Å². The van der Waals surface area contributed by atoms with Crippen molar-refractivity contribution in [2.75, 3.05) is 11.9 Å². The summed E-state index contributed by atoms with van der Waals surface area (Å²) in [6.45, 7) is 4.67. The zero-order valence-electron chi connectivity index (χ0n) is 16.2. The van der Waals surface area contributed by atoms with Gasteiger partial charge in [0.25, 0.3) is 0 Å². The molecule has 1 aliphatic rings. The number of fused-ring (bicyclic) bond motifs is 1. The molecule has 3 aromatic rings. The van der Waals surface area contributed by atoms with Gasteiger partial charge >= 0.3 is 5.69 Å². The number of hydrogen-bond acceptors (Lipinski definition) is 4. The number of aromatic nitrogens is 3. The summed E-state index contributed by atoms with van der Waals surface area (Å²) >= 11 is 0. The monoisotopic (exact) mass is 366 g/mol. The number of nitrogens with one attached hydrogen (secondary N) is 1. The van der Waals surface area contributed by atoms with E-state index < -0.39 is 0 Å². The summed E-state index contributed by atoms with van der Waals surface area (Å²) in [5.41, 5.74) is 3.95. The van der Waals surface area contributed by atoms with Gasteiger partial charge in [0.1, 0.15) is 11.6 Å². The predicted octanol–water partition coefficient (Wildman–Crippen LogP) is 4.30. The first-order chi connectivity index (χ1) is 13.1. The second-order valence-electron chi connectivity index (χ2n) is 7.24. The molecule has 1 aromatic carbocycles. The molecule has 0 atom stereocenters. The van der Waals surface area contributed by atoms with Crippen molar-refractivity contribution in [1.82, 2.24) is 14.1 Å². The Labute approximate surface area is 158 Å². The highest BCUT2D eigenvalue weighted by atomic mass is 16.5. The normalized spacial score (nSPS) is 14.8. The molecule has 1 saturated carbocycles. The summed E-state index contributed by atoms with van der Waals surface area (Å²) in [4.78, 5) is 17.3. The van der Waals surface area contributed by atoms with E-state index in [0.717, 1.165) is 46.7 Å². The Morgan fingerprint density at radius 2 is 2.00 bits per heavy atom. The molecule has 0 spiro atoms. The Balaban J connectivity index is 1.71. The van der Waals surface area contributed by atoms with E-state index in [0.29, 0.717) is 12.6 Å². The highest BCUT2D eigenvalue weighted by Crippen LogP contribution is 2.32. The summed E-state index contributed by atoms with van der Waals surface area (Å²) < 4.78 is 9.21. The van der Waals surface area contributed by atoms with Crippen LogP contribution in [0.25, 0.3) is 11.0 Å². The molecule has 4 rings (SSSR count). The van der Waals surface area contributed by atoms with E-state index in [1.165, 1.54) is 12.8 Å². The lowest BCUT2D eigenvalue weighted by atomic mass is 10.2. The van der Waals surface area contributed by atoms with Crippen molar-refractivity contribution in [2.45, 2.75) is 45.6 Å². The van der Waals surface area contributed by atoms with Gasteiger partial charge in [-0.3, -0.25) is 9.13 Å². The van der Waals surface area contributed by atoms with Crippen LogP contribution < -0.4 is 15.7 Å². The first kappa shape index (κ1) is 17.6. The molecule has 0 radical (unpaired) electrons. The van der Waals surface area contributed by atoms with Crippen molar-refractivity contribution in [2.24, 2.45) is 7.05 Å². The van der Waals surface area contributed by atoms with Crippen LogP contribution in [0.15, 0.2) is 35.3 Å². The van der Waals surface area contributed by atoms with E-state index in [9.17, 15) is 4.79 Å². The maximum Gasteiger partial charge on any atom is 0.329 e. The zero-order chi connectivity index (χ0) is 19.0.